The molecule has 4 aromatic heterocycles. The third-order valence-corrected chi connectivity index (χ3v) is 4.80. The molecule has 4 N–H and O–H groups in total. The Morgan fingerprint density at radius 2 is 1.83 bits per heavy atom. The fourth-order valence-corrected chi connectivity index (χ4v) is 3.43. The minimum atomic E-state index is -0.427. The molecule has 148 valence electrons. The number of anilines is 2. The summed E-state index contributed by atoms with van der Waals surface area (Å²) in [4.78, 5) is 36.4. The molecule has 30 heavy (non-hydrogen) atoms. The number of hydrogen-bond acceptors (Lipinski definition) is 9. The van der Waals surface area contributed by atoms with Crippen LogP contribution in [0, 0.1) is 0 Å². The summed E-state index contributed by atoms with van der Waals surface area (Å²) >= 11 is 0. The zero-order valence-corrected chi connectivity index (χ0v) is 15.8. The summed E-state index contributed by atoms with van der Waals surface area (Å²) in [5.41, 5.74) is 7.81. The number of nitrogens with zero attached hydrogens (tertiary/aromatic N) is 5. The zero-order chi connectivity index (χ0) is 20.7. The second-order valence-corrected chi connectivity index (χ2v) is 6.69. The monoisotopic (exact) mass is 400 g/mol. The van der Waals surface area contributed by atoms with Gasteiger partial charge in [-0.3, -0.25) is 0 Å². The first-order chi connectivity index (χ1) is 14.6. The molecule has 0 amide bonds. The smallest absolute Gasteiger partial charge is 0.343 e. The van der Waals surface area contributed by atoms with E-state index >= 15 is 0 Å². The third kappa shape index (κ3) is 2.91. The van der Waals surface area contributed by atoms with E-state index in [0.29, 0.717) is 39.3 Å². The maximum atomic E-state index is 12.7. The van der Waals surface area contributed by atoms with Gasteiger partial charge in [0.05, 0.1) is 17.8 Å². The van der Waals surface area contributed by atoms with Gasteiger partial charge in [0.15, 0.2) is 11.5 Å². The van der Waals surface area contributed by atoms with Crippen LogP contribution in [0.25, 0.3) is 33.1 Å². The van der Waals surface area contributed by atoms with Crippen LogP contribution in [0.4, 0.5) is 11.8 Å². The van der Waals surface area contributed by atoms with E-state index in [-0.39, 0.29) is 5.95 Å². The number of rotatable bonds is 4. The number of benzene rings is 1. The van der Waals surface area contributed by atoms with E-state index in [9.17, 15) is 4.79 Å². The minimum Gasteiger partial charge on any atom is -0.425 e. The molecule has 0 spiro atoms. The fourth-order valence-electron chi connectivity index (χ4n) is 3.43. The Morgan fingerprint density at radius 1 is 1.07 bits per heavy atom. The molecule has 0 bridgehead atoms. The van der Waals surface area contributed by atoms with Gasteiger partial charge in [-0.25, -0.2) is 29.7 Å². The summed E-state index contributed by atoms with van der Waals surface area (Å²) in [7, 11) is 0. The summed E-state index contributed by atoms with van der Waals surface area (Å²) in [5.74, 6) is 1.13. The predicted octanol–water partition coefficient (Wildman–Crippen LogP) is 2.67. The quantitative estimate of drug-likeness (QED) is 0.414. The standard InChI is InChI=1S/C20H16N8O2/c1-10(28-18-15-17(25-8-24-15)26-9-27-18)16-14(11-6-22-20(21)23-7-11)12-4-2-3-5-13(12)19(29)30-16/h2-10H,1H3,(H2,21,22,23)(H2,24,25,26,27,28). The van der Waals surface area contributed by atoms with Gasteiger partial charge >= 0.3 is 5.63 Å². The second-order valence-electron chi connectivity index (χ2n) is 6.69. The van der Waals surface area contributed by atoms with Crippen molar-refractivity contribution in [3.63, 3.8) is 0 Å². The Balaban J connectivity index is 1.69. The Hall–Kier alpha value is -4.34. The largest absolute Gasteiger partial charge is 0.425 e. The van der Waals surface area contributed by atoms with Crippen molar-refractivity contribution in [2.24, 2.45) is 0 Å². The summed E-state index contributed by atoms with van der Waals surface area (Å²) < 4.78 is 5.76. The van der Waals surface area contributed by atoms with E-state index in [2.05, 4.69) is 35.2 Å². The molecule has 4 heterocycles. The molecule has 1 unspecified atom stereocenters. The molecule has 0 saturated carbocycles. The normalized spacial score (nSPS) is 12.3. The van der Waals surface area contributed by atoms with E-state index in [4.69, 9.17) is 10.2 Å². The van der Waals surface area contributed by atoms with Crippen LogP contribution in [0.15, 0.2) is 58.5 Å². The highest BCUT2D eigenvalue weighted by atomic mass is 16.4. The fraction of sp³-hybridized carbons (Fsp3) is 0.100. The van der Waals surface area contributed by atoms with Gasteiger partial charge in [0.25, 0.3) is 0 Å². The average molecular weight is 400 g/mol. The van der Waals surface area contributed by atoms with E-state index < -0.39 is 11.7 Å². The molecular weight excluding hydrogens is 384 g/mol. The number of fused-ring (bicyclic) bond motifs is 2. The van der Waals surface area contributed by atoms with Crippen molar-refractivity contribution in [2.45, 2.75) is 13.0 Å². The minimum absolute atomic E-state index is 0.163. The maximum Gasteiger partial charge on any atom is 0.343 e. The van der Waals surface area contributed by atoms with E-state index in [0.717, 1.165) is 5.39 Å². The lowest BCUT2D eigenvalue weighted by Crippen LogP contribution is -2.14. The van der Waals surface area contributed by atoms with Crippen LogP contribution < -0.4 is 16.7 Å². The highest BCUT2D eigenvalue weighted by molar-refractivity contribution is 5.96. The number of aromatic amines is 1. The maximum absolute atomic E-state index is 12.7. The van der Waals surface area contributed by atoms with E-state index in [1.165, 1.54) is 6.33 Å². The van der Waals surface area contributed by atoms with E-state index in [1.54, 1.807) is 30.9 Å². The molecule has 0 radical (unpaired) electrons. The Morgan fingerprint density at radius 3 is 2.63 bits per heavy atom. The summed E-state index contributed by atoms with van der Waals surface area (Å²) in [6.45, 7) is 1.87. The van der Waals surface area contributed by atoms with E-state index in [1.807, 2.05) is 19.1 Å². The first-order valence-corrected chi connectivity index (χ1v) is 9.16. The number of imidazole rings is 1. The molecule has 10 nitrogen and oxygen atoms in total. The van der Waals surface area contributed by atoms with Crippen molar-refractivity contribution in [1.29, 1.82) is 0 Å². The molecule has 0 aliphatic carbocycles. The lowest BCUT2D eigenvalue weighted by atomic mass is 9.98. The van der Waals surface area contributed by atoms with Crippen molar-refractivity contribution in [1.82, 2.24) is 29.9 Å². The second kappa shape index (κ2) is 6.92. The van der Waals surface area contributed by atoms with Crippen LogP contribution in [0.3, 0.4) is 0 Å². The van der Waals surface area contributed by atoms with Crippen LogP contribution in [-0.4, -0.2) is 29.9 Å². The van der Waals surface area contributed by atoms with Crippen LogP contribution >= 0.6 is 0 Å². The Labute approximate surface area is 169 Å². The molecule has 5 rings (SSSR count). The topological polar surface area (TPSA) is 148 Å². The van der Waals surface area contributed by atoms with Crippen LogP contribution in [-0.2, 0) is 0 Å². The molecule has 1 atom stereocenters. The van der Waals surface area contributed by atoms with Crippen LogP contribution in [0.5, 0.6) is 0 Å². The zero-order valence-electron chi connectivity index (χ0n) is 15.8. The van der Waals surface area contributed by atoms with Gasteiger partial charge in [-0.1, -0.05) is 18.2 Å². The number of nitrogens with two attached hydrogens (primary N) is 1. The Kier molecular flexibility index (Phi) is 4.09. The summed E-state index contributed by atoms with van der Waals surface area (Å²) in [6.07, 6.45) is 6.18. The molecule has 0 aliphatic heterocycles. The van der Waals surface area contributed by atoms with Crippen molar-refractivity contribution in [3.8, 4) is 11.1 Å². The molecule has 0 fully saturated rings. The number of nitrogen functional groups attached to an aromatic ring is 1. The molecule has 0 saturated heterocycles. The van der Waals surface area contributed by atoms with Crippen molar-refractivity contribution in [3.05, 3.63) is 65.5 Å². The number of aromatic nitrogens is 6. The highest BCUT2D eigenvalue weighted by Gasteiger charge is 2.22. The number of H-pyrrole nitrogens is 1. The van der Waals surface area contributed by atoms with Crippen molar-refractivity contribution < 1.29 is 4.42 Å². The van der Waals surface area contributed by atoms with Crippen LogP contribution in [0.2, 0.25) is 0 Å². The summed E-state index contributed by atoms with van der Waals surface area (Å²) in [6, 6.07) is 6.83. The number of hydrogen-bond donors (Lipinski definition) is 3. The van der Waals surface area contributed by atoms with Gasteiger partial charge in [-0.05, 0) is 13.0 Å². The lowest BCUT2D eigenvalue weighted by molar-refractivity contribution is 0.452. The third-order valence-electron chi connectivity index (χ3n) is 4.80. The van der Waals surface area contributed by atoms with Gasteiger partial charge in [-0.2, -0.15) is 0 Å². The van der Waals surface area contributed by atoms with Gasteiger partial charge in [0.2, 0.25) is 5.95 Å². The predicted molar refractivity (Wildman–Crippen MR) is 112 cm³/mol. The molecular formula is C20H16N8O2. The van der Waals surface area contributed by atoms with Crippen molar-refractivity contribution >= 4 is 33.7 Å². The first-order valence-electron chi connectivity index (χ1n) is 9.16. The highest BCUT2D eigenvalue weighted by Crippen LogP contribution is 2.34. The SMILES string of the molecule is CC(Nc1ncnc2nc[nH]c12)c1oc(=O)c2ccccc2c1-c1cnc(N)nc1. The average Bonchev–Trinajstić information content (AvgIpc) is 3.24. The molecule has 1 aromatic carbocycles. The Bertz CT molecular complexity index is 1420. The molecule has 5 aromatic rings. The van der Waals surface area contributed by atoms with Crippen molar-refractivity contribution in [2.75, 3.05) is 11.1 Å². The van der Waals surface area contributed by atoms with Crippen LogP contribution in [0.1, 0.15) is 18.7 Å². The number of nitrogens with one attached hydrogen (secondary N) is 2. The summed E-state index contributed by atoms with van der Waals surface area (Å²) in [5, 5.41) is 4.49. The molecule has 10 heteroatoms. The van der Waals surface area contributed by atoms with Gasteiger partial charge < -0.3 is 20.5 Å². The lowest BCUT2D eigenvalue weighted by Gasteiger charge is -2.18. The molecule has 0 aliphatic rings. The van der Waals surface area contributed by atoms with Gasteiger partial charge in [-0.15, -0.1) is 0 Å². The van der Waals surface area contributed by atoms with Gasteiger partial charge in [0.1, 0.15) is 17.6 Å². The first kappa shape index (κ1) is 17.7. The van der Waals surface area contributed by atoms with Gasteiger partial charge in [0, 0.05) is 28.9 Å².